The van der Waals surface area contributed by atoms with Gasteiger partial charge in [-0.05, 0) is 30.5 Å². The van der Waals surface area contributed by atoms with Crippen molar-refractivity contribution in [2.45, 2.75) is 25.3 Å². The van der Waals surface area contributed by atoms with Gasteiger partial charge in [-0.3, -0.25) is 9.69 Å². The highest BCUT2D eigenvalue weighted by atomic mass is 16.4. The molecule has 0 saturated heterocycles. The van der Waals surface area contributed by atoms with Gasteiger partial charge in [0.1, 0.15) is 0 Å². The van der Waals surface area contributed by atoms with Crippen LogP contribution in [-0.4, -0.2) is 29.6 Å². The van der Waals surface area contributed by atoms with E-state index in [9.17, 15) is 4.79 Å². The van der Waals surface area contributed by atoms with Gasteiger partial charge >= 0.3 is 5.97 Å². The molecular weight excluding hydrogens is 202 g/mol. The maximum atomic E-state index is 10.7. The predicted octanol–water partition coefficient (Wildman–Crippen LogP) is 2.25. The Balaban J connectivity index is 2.23. The van der Waals surface area contributed by atoms with Gasteiger partial charge in [-0.15, -0.1) is 0 Å². The van der Waals surface area contributed by atoms with E-state index in [4.69, 9.17) is 5.11 Å². The summed E-state index contributed by atoms with van der Waals surface area (Å²) in [5.74, 6) is -0.239. The van der Waals surface area contributed by atoms with Crippen molar-refractivity contribution < 1.29 is 9.90 Å². The molecule has 0 aliphatic heterocycles. The second kappa shape index (κ2) is 4.26. The Morgan fingerprint density at radius 1 is 1.44 bits per heavy atom. The number of nitrogens with zero attached hydrogens (tertiary/aromatic N) is 1. The molecule has 0 fully saturated rings. The summed E-state index contributed by atoms with van der Waals surface area (Å²) in [6.45, 7) is 2.30. The van der Waals surface area contributed by atoms with E-state index in [2.05, 4.69) is 25.1 Å². The van der Waals surface area contributed by atoms with Crippen LogP contribution in [0.1, 0.15) is 36.4 Å². The Hall–Kier alpha value is -1.35. The molecule has 3 heteroatoms. The van der Waals surface area contributed by atoms with Crippen LogP contribution in [0.2, 0.25) is 0 Å². The van der Waals surface area contributed by atoms with E-state index in [1.165, 1.54) is 11.1 Å². The van der Waals surface area contributed by atoms with Crippen molar-refractivity contribution in [3.63, 3.8) is 0 Å². The maximum Gasteiger partial charge on any atom is 0.317 e. The molecule has 0 spiro atoms. The van der Waals surface area contributed by atoms with Crippen LogP contribution >= 0.6 is 0 Å². The summed E-state index contributed by atoms with van der Waals surface area (Å²) in [6, 6.07) is 8.59. The Morgan fingerprint density at radius 3 is 2.69 bits per heavy atom. The van der Waals surface area contributed by atoms with E-state index in [-0.39, 0.29) is 12.6 Å². The highest BCUT2D eigenvalue weighted by Gasteiger charge is 2.30. The third-order valence-electron chi connectivity index (χ3n) is 3.38. The van der Waals surface area contributed by atoms with Gasteiger partial charge in [-0.25, -0.2) is 0 Å². The van der Waals surface area contributed by atoms with Gasteiger partial charge in [0.15, 0.2) is 0 Å². The van der Waals surface area contributed by atoms with E-state index in [0.29, 0.717) is 5.92 Å². The summed E-state index contributed by atoms with van der Waals surface area (Å²) in [4.78, 5) is 12.6. The summed E-state index contributed by atoms with van der Waals surface area (Å²) in [6.07, 6.45) is 1.02. The Kier molecular flexibility index (Phi) is 2.97. The number of fused-ring (bicyclic) bond motifs is 1. The smallest absolute Gasteiger partial charge is 0.317 e. The number of aliphatic carboxylic acids is 1. The normalized spacial score (nSPS) is 23.4. The quantitative estimate of drug-likeness (QED) is 0.847. The molecule has 2 atom stereocenters. The molecule has 1 aliphatic rings. The van der Waals surface area contributed by atoms with E-state index >= 15 is 0 Å². The van der Waals surface area contributed by atoms with Crippen molar-refractivity contribution in [3.8, 4) is 0 Å². The van der Waals surface area contributed by atoms with Crippen LogP contribution in [0.15, 0.2) is 24.3 Å². The van der Waals surface area contributed by atoms with Gasteiger partial charge in [0.05, 0.1) is 6.54 Å². The van der Waals surface area contributed by atoms with Crippen LogP contribution < -0.4 is 0 Å². The minimum absolute atomic E-state index is 0.103. The second-order valence-corrected chi connectivity index (χ2v) is 4.59. The van der Waals surface area contributed by atoms with Gasteiger partial charge < -0.3 is 5.11 Å². The Morgan fingerprint density at radius 2 is 2.06 bits per heavy atom. The molecule has 0 amide bonds. The summed E-state index contributed by atoms with van der Waals surface area (Å²) < 4.78 is 0. The van der Waals surface area contributed by atoms with Crippen molar-refractivity contribution in [2.24, 2.45) is 0 Å². The van der Waals surface area contributed by atoms with Crippen molar-refractivity contribution in [2.75, 3.05) is 13.6 Å². The lowest BCUT2D eigenvalue weighted by Gasteiger charge is -2.23. The Labute approximate surface area is 95.7 Å². The fourth-order valence-electron chi connectivity index (χ4n) is 2.59. The predicted molar refractivity (Wildman–Crippen MR) is 62.5 cm³/mol. The van der Waals surface area contributed by atoms with Gasteiger partial charge in [0.2, 0.25) is 0 Å². The average Bonchev–Trinajstić information content (AvgIpc) is 2.56. The van der Waals surface area contributed by atoms with Gasteiger partial charge in [-0.2, -0.15) is 0 Å². The molecule has 2 unspecified atom stereocenters. The van der Waals surface area contributed by atoms with Crippen LogP contribution in [0, 0.1) is 0 Å². The number of hydrogen-bond donors (Lipinski definition) is 1. The largest absolute Gasteiger partial charge is 0.480 e. The van der Waals surface area contributed by atoms with Crippen LogP contribution in [0.25, 0.3) is 0 Å². The molecule has 0 heterocycles. The van der Waals surface area contributed by atoms with Gasteiger partial charge in [0, 0.05) is 6.04 Å². The third kappa shape index (κ3) is 1.95. The van der Waals surface area contributed by atoms with Gasteiger partial charge in [0.25, 0.3) is 0 Å². The molecule has 0 saturated carbocycles. The standard InChI is InChI=1S/C13H17NO2/c1-9-7-12(14(2)8-13(15)16)11-6-4-3-5-10(9)11/h3-6,9,12H,7-8H2,1-2H3,(H,15,16). The molecule has 0 radical (unpaired) electrons. The molecule has 1 aliphatic carbocycles. The third-order valence-corrected chi connectivity index (χ3v) is 3.38. The van der Waals surface area contributed by atoms with E-state index in [1.807, 2.05) is 18.0 Å². The van der Waals surface area contributed by atoms with Gasteiger partial charge in [-0.1, -0.05) is 31.2 Å². The molecule has 1 N–H and O–H groups in total. The van der Waals surface area contributed by atoms with Crippen LogP contribution in [0.4, 0.5) is 0 Å². The zero-order chi connectivity index (χ0) is 11.7. The van der Waals surface area contributed by atoms with Crippen molar-refractivity contribution >= 4 is 5.97 Å². The molecular formula is C13H17NO2. The number of carboxylic acids is 1. The number of rotatable bonds is 3. The van der Waals surface area contributed by atoms with Crippen LogP contribution in [0.3, 0.4) is 0 Å². The monoisotopic (exact) mass is 219 g/mol. The number of benzene rings is 1. The first kappa shape index (κ1) is 11.1. The fourth-order valence-corrected chi connectivity index (χ4v) is 2.59. The SMILES string of the molecule is CC1CC(N(C)CC(=O)O)c2ccccc21. The summed E-state index contributed by atoms with van der Waals surface area (Å²) in [5.41, 5.74) is 2.66. The Bertz CT molecular complexity index is 403. The number of hydrogen-bond acceptors (Lipinski definition) is 2. The molecule has 1 aromatic carbocycles. The first-order chi connectivity index (χ1) is 7.59. The van der Waals surface area contributed by atoms with Crippen LogP contribution in [-0.2, 0) is 4.79 Å². The lowest BCUT2D eigenvalue weighted by atomic mass is 10.0. The minimum atomic E-state index is -0.764. The fraction of sp³-hybridized carbons (Fsp3) is 0.462. The zero-order valence-electron chi connectivity index (χ0n) is 9.68. The topological polar surface area (TPSA) is 40.5 Å². The van der Waals surface area contributed by atoms with E-state index in [1.54, 1.807) is 0 Å². The second-order valence-electron chi connectivity index (χ2n) is 4.59. The summed E-state index contributed by atoms with van der Waals surface area (Å²) >= 11 is 0. The molecule has 86 valence electrons. The van der Waals surface area contributed by atoms with E-state index in [0.717, 1.165) is 6.42 Å². The minimum Gasteiger partial charge on any atom is -0.480 e. The first-order valence-electron chi connectivity index (χ1n) is 5.60. The van der Waals surface area contributed by atoms with E-state index < -0.39 is 5.97 Å². The highest BCUT2D eigenvalue weighted by molar-refractivity contribution is 5.69. The lowest BCUT2D eigenvalue weighted by molar-refractivity contribution is -0.138. The molecule has 3 nitrogen and oxygen atoms in total. The molecule has 0 aromatic heterocycles. The maximum absolute atomic E-state index is 10.7. The van der Waals surface area contributed by atoms with Crippen molar-refractivity contribution in [3.05, 3.63) is 35.4 Å². The summed E-state index contributed by atoms with van der Waals surface area (Å²) in [7, 11) is 1.88. The number of carbonyl (C=O) groups is 1. The lowest BCUT2D eigenvalue weighted by Crippen LogP contribution is -2.28. The van der Waals surface area contributed by atoms with Crippen molar-refractivity contribution in [1.29, 1.82) is 0 Å². The molecule has 0 bridgehead atoms. The number of carboxylic acid groups (broad SMARTS) is 1. The molecule has 16 heavy (non-hydrogen) atoms. The average molecular weight is 219 g/mol. The number of likely N-dealkylation sites (N-methyl/N-ethyl adjacent to an activating group) is 1. The molecule has 1 aromatic rings. The first-order valence-corrected chi connectivity index (χ1v) is 5.60. The zero-order valence-corrected chi connectivity index (χ0v) is 9.68. The summed E-state index contributed by atoms with van der Waals surface area (Å²) in [5, 5.41) is 8.82. The van der Waals surface area contributed by atoms with Crippen LogP contribution in [0.5, 0.6) is 0 Å². The highest BCUT2D eigenvalue weighted by Crippen LogP contribution is 2.42. The van der Waals surface area contributed by atoms with Crippen molar-refractivity contribution in [1.82, 2.24) is 4.90 Å². The molecule has 2 rings (SSSR count).